The Bertz CT molecular complexity index is 391. The van der Waals surface area contributed by atoms with Crippen LogP contribution in [0.25, 0.3) is 0 Å². The van der Waals surface area contributed by atoms with Crippen LogP contribution >= 0.6 is 0 Å². The van der Waals surface area contributed by atoms with E-state index < -0.39 is 5.97 Å². The van der Waals surface area contributed by atoms with E-state index in [2.05, 4.69) is 19.2 Å². The summed E-state index contributed by atoms with van der Waals surface area (Å²) in [6.45, 7) is 4.23. The molecule has 0 aliphatic carbocycles. The smallest absolute Gasteiger partial charge is 0.335 e. The van der Waals surface area contributed by atoms with Gasteiger partial charge in [-0.2, -0.15) is 0 Å². The molecular formula is C13H20N2O2. The zero-order chi connectivity index (χ0) is 12.8. The standard InChI is InChI=1S/C13H20N2O2/c1-3-5-10(4-2)15-12-8-9(13(16)17)6-7-11(12)14/h6-8,10,15H,3-5,14H2,1-2H3,(H,16,17). The number of rotatable bonds is 6. The molecular weight excluding hydrogens is 216 g/mol. The Balaban J connectivity index is 2.88. The van der Waals surface area contributed by atoms with Crippen molar-refractivity contribution in [1.29, 1.82) is 0 Å². The van der Waals surface area contributed by atoms with Crippen LogP contribution in [0.4, 0.5) is 11.4 Å². The molecule has 0 aliphatic rings. The van der Waals surface area contributed by atoms with E-state index in [1.54, 1.807) is 12.1 Å². The number of carbonyl (C=O) groups is 1. The molecule has 0 aliphatic heterocycles. The highest BCUT2D eigenvalue weighted by Gasteiger charge is 2.10. The normalized spacial score (nSPS) is 12.1. The van der Waals surface area contributed by atoms with Crippen LogP contribution in [0, 0.1) is 0 Å². The molecule has 4 nitrogen and oxygen atoms in total. The average Bonchev–Trinajstić information content (AvgIpc) is 2.30. The maximum absolute atomic E-state index is 10.9. The highest BCUT2D eigenvalue weighted by molar-refractivity contribution is 5.90. The number of nitrogens with two attached hydrogens (primary N) is 1. The molecule has 0 amide bonds. The maximum Gasteiger partial charge on any atom is 0.335 e. The number of hydrogen-bond acceptors (Lipinski definition) is 3. The lowest BCUT2D eigenvalue weighted by molar-refractivity contribution is 0.0697. The first kappa shape index (κ1) is 13.4. The van der Waals surface area contributed by atoms with Crippen molar-refractivity contribution in [3.05, 3.63) is 23.8 Å². The fraction of sp³-hybridized carbons (Fsp3) is 0.462. The molecule has 1 aromatic carbocycles. The average molecular weight is 236 g/mol. The van der Waals surface area contributed by atoms with Gasteiger partial charge in [0.25, 0.3) is 0 Å². The highest BCUT2D eigenvalue weighted by Crippen LogP contribution is 2.22. The van der Waals surface area contributed by atoms with Gasteiger partial charge < -0.3 is 16.2 Å². The van der Waals surface area contributed by atoms with Gasteiger partial charge in [-0.15, -0.1) is 0 Å². The number of hydrogen-bond donors (Lipinski definition) is 3. The first-order chi connectivity index (χ1) is 8.08. The first-order valence-electron chi connectivity index (χ1n) is 5.97. The van der Waals surface area contributed by atoms with Crippen molar-refractivity contribution in [1.82, 2.24) is 0 Å². The van der Waals surface area contributed by atoms with Crippen molar-refractivity contribution >= 4 is 17.3 Å². The van der Waals surface area contributed by atoms with Gasteiger partial charge in [0, 0.05) is 6.04 Å². The Hall–Kier alpha value is -1.71. The van der Waals surface area contributed by atoms with Gasteiger partial charge in [-0.25, -0.2) is 4.79 Å². The van der Waals surface area contributed by atoms with E-state index in [4.69, 9.17) is 10.8 Å². The molecule has 0 bridgehead atoms. The topological polar surface area (TPSA) is 75.3 Å². The predicted molar refractivity (Wildman–Crippen MR) is 70.4 cm³/mol. The van der Waals surface area contributed by atoms with E-state index in [0.29, 0.717) is 17.4 Å². The van der Waals surface area contributed by atoms with E-state index in [-0.39, 0.29) is 5.56 Å². The van der Waals surface area contributed by atoms with Crippen molar-refractivity contribution < 1.29 is 9.90 Å². The minimum Gasteiger partial charge on any atom is -0.478 e. The second kappa shape index (κ2) is 6.13. The predicted octanol–water partition coefficient (Wildman–Crippen LogP) is 2.96. The van der Waals surface area contributed by atoms with Gasteiger partial charge in [0.2, 0.25) is 0 Å². The van der Waals surface area contributed by atoms with Crippen LogP contribution < -0.4 is 11.1 Å². The maximum atomic E-state index is 10.9. The van der Waals surface area contributed by atoms with Crippen LogP contribution in [-0.2, 0) is 0 Å². The summed E-state index contributed by atoms with van der Waals surface area (Å²) < 4.78 is 0. The molecule has 0 heterocycles. The zero-order valence-electron chi connectivity index (χ0n) is 10.4. The third-order valence-corrected chi connectivity index (χ3v) is 2.79. The molecule has 4 N–H and O–H groups in total. The minimum atomic E-state index is -0.934. The molecule has 0 fully saturated rings. The summed E-state index contributed by atoms with van der Waals surface area (Å²) in [5.74, 6) is -0.934. The molecule has 1 atom stereocenters. The number of carboxylic acids is 1. The summed E-state index contributed by atoms with van der Waals surface area (Å²) >= 11 is 0. The SMILES string of the molecule is CCCC(CC)Nc1cc(C(=O)O)ccc1N. The van der Waals surface area contributed by atoms with Gasteiger partial charge in [-0.3, -0.25) is 0 Å². The molecule has 1 aromatic rings. The molecule has 0 saturated carbocycles. The third-order valence-electron chi connectivity index (χ3n) is 2.79. The van der Waals surface area contributed by atoms with Gasteiger partial charge in [0.05, 0.1) is 16.9 Å². The summed E-state index contributed by atoms with van der Waals surface area (Å²) in [4.78, 5) is 10.9. The van der Waals surface area contributed by atoms with Gasteiger partial charge in [-0.1, -0.05) is 20.3 Å². The molecule has 0 spiro atoms. The van der Waals surface area contributed by atoms with Crippen LogP contribution in [0.1, 0.15) is 43.5 Å². The van der Waals surface area contributed by atoms with E-state index >= 15 is 0 Å². The van der Waals surface area contributed by atoms with E-state index in [1.807, 2.05) is 0 Å². The van der Waals surface area contributed by atoms with Gasteiger partial charge in [0.1, 0.15) is 0 Å². The van der Waals surface area contributed by atoms with E-state index in [1.165, 1.54) is 6.07 Å². The van der Waals surface area contributed by atoms with Gasteiger partial charge in [-0.05, 0) is 31.0 Å². The Morgan fingerprint density at radius 3 is 2.71 bits per heavy atom. The summed E-state index contributed by atoms with van der Waals surface area (Å²) in [6, 6.07) is 5.08. The van der Waals surface area contributed by atoms with E-state index in [9.17, 15) is 4.79 Å². The summed E-state index contributed by atoms with van der Waals surface area (Å²) in [6.07, 6.45) is 3.13. The number of aromatic carboxylic acids is 1. The van der Waals surface area contributed by atoms with Crippen molar-refractivity contribution in [3.63, 3.8) is 0 Å². The highest BCUT2D eigenvalue weighted by atomic mass is 16.4. The van der Waals surface area contributed by atoms with Crippen molar-refractivity contribution in [3.8, 4) is 0 Å². The zero-order valence-corrected chi connectivity index (χ0v) is 10.4. The van der Waals surface area contributed by atoms with Crippen LogP contribution in [0.15, 0.2) is 18.2 Å². The van der Waals surface area contributed by atoms with Gasteiger partial charge >= 0.3 is 5.97 Å². The molecule has 4 heteroatoms. The Morgan fingerprint density at radius 1 is 1.47 bits per heavy atom. The quantitative estimate of drug-likeness (QED) is 0.664. The Morgan fingerprint density at radius 2 is 2.18 bits per heavy atom. The van der Waals surface area contributed by atoms with Crippen molar-refractivity contribution in [2.24, 2.45) is 0 Å². The molecule has 17 heavy (non-hydrogen) atoms. The largest absolute Gasteiger partial charge is 0.478 e. The Labute approximate surface area is 102 Å². The number of carboxylic acid groups (broad SMARTS) is 1. The lowest BCUT2D eigenvalue weighted by Crippen LogP contribution is -2.19. The van der Waals surface area contributed by atoms with Crippen LogP contribution in [0.2, 0.25) is 0 Å². The summed E-state index contributed by atoms with van der Waals surface area (Å²) in [7, 11) is 0. The fourth-order valence-electron chi connectivity index (χ4n) is 1.76. The lowest BCUT2D eigenvalue weighted by atomic mass is 10.1. The number of anilines is 2. The molecule has 0 radical (unpaired) electrons. The molecule has 0 aromatic heterocycles. The van der Waals surface area contributed by atoms with Crippen molar-refractivity contribution in [2.45, 2.75) is 39.2 Å². The lowest BCUT2D eigenvalue weighted by Gasteiger charge is -2.19. The summed E-state index contributed by atoms with van der Waals surface area (Å²) in [5.41, 5.74) is 7.39. The number of benzene rings is 1. The Kier molecular flexibility index (Phi) is 4.82. The molecule has 94 valence electrons. The third kappa shape index (κ3) is 3.66. The van der Waals surface area contributed by atoms with Crippen LogP contribution in [0.3, 0.4) is 0 Å². The monoisotopic (exact) mass is 236 g/mol. The number of nitrogens with one attached hydrogen (secondary N) is 1. The summed E-state index contributed by atoms with van der Waals surface area (Å²) in [5, 5.41) is 12.2. The minimum absolute atomic E-state index is 0.257. The second-order valence-corrected chi connectivity index (χ2v) is 4.15. The van der Waals surface area contributed by atoms with Crippen LogP contribution in [-0.4, -0.2) is 17.1 Å². The molecule has 1 unspecified atom stereocenters. The number of nitrogen functional groups attached to an aromatic ring is 1. The second-order valence-electron chi connectivity index (χ2n) is 4.15. The first-order valence-corrected chi connectivity index (χ1v) is 5.97. The van der Waals surface area contributed by atoms with Crippen LogP contribution in [0.5, 0.6) is 0 Å². The fourth-order valence-corrected chi connectivity index (χ4v) is 1.76. The van der Waals surface area contributed by atoms with E-state index in [0.717, 1.165) is 19.3 Å². The molecule has 1 rings (SSSR count). The van der Waals surface area contributed by atoms with Gasteiger partial charge in [0.15, 0.2) is 0 Å². The molecule has 0 saturated heterocycles. The van der Waals surface area contributed by atoms with Crippen molar-refractivity contribution in [2.75, 3.05) is 11.1 Å².